The molecule has 0 aliphatic rings. The lowest BCUT2D eigenvalue weighted by Gasteiger charge is -2.25. The third kappa shape index (κ3) is 7.09. The smallest absolute Gasteiger partial charge is 0.191 e. The molecular weight excluding hydrogens is 298 g/mol. The third-order valence-corrected chi connectivity index (χ3v) is 3.77. The molecule has 0 fully saturated rings. The lowest BCUT2D eigenvalue weighted by atomic mass is 10.2. The number of nitrogens with zero attached hydrogens (tertiary/aromatic N) is 3. The SMILES string of the molecule is CCN(CCNC(=NC)NCCc1ccc(Cl)nc1)C(C)C. The molecule has 1 heterocycles. The quantitative estimate of drug-likeness (QED) is 0.437. The summed E-state index contributed by atoms with van der Waals surface area (Å²) in [5, 5.41) is 7.19. The van der Waals surface area contributed by atoms with Crippen LogP contribution in [0.5, 0.6) is 0 Å². The third-order valence-electron chi connectivity index (χ3n) is 3.55. The van der Waals surface area contributed by atoms with Gasteiger partial charge in [-0.25, -0.2) is 4.98 Å². The van der Waals surface area contributed by atoms with Crippen LogP contribution in [0.25, 0.3) is 0 Å². The number of nitrogens with one attached hydrogen (secondary N) is 2. The van der Waals surface area contributed by atoms with Gasteiger partial charge in [-0.2, -0.15) is 0 Å². The summed E-state index contributed by atoms with van der Waals surface area (Å²) in [6, 6.07) is 4.38. The molecule has 0 saturated carbocycles. The van der Waals surface area contributed by atoms with Crippen LogP contribution in [0.1, 0.15) is 26.3 Å². The summed E-state index contributed by atoms with van der Waals surface area (Å²) < 4.78 is 0. The molecule has 0 aromatic carbocycles. The van der Waals surface area contributed by atoms with Crippen LogP contribution in [0.4, 0.5) is 0 Å². The fourth-order valence-electron chi connectivity index (χ4n) is 2.20. The van der Waals surface area contributed by atoms with E-state index in [1.165, 1.54) is 0 Å². The molecule has 124 valence electrons. The monoisotopic (exact) mass is 325 g/mol. The van der Waals surface area contributed by atoms with Gasteiger partial charge >= 0.3 is 0 Å². The Morgan fingerprint density at radius 3 is 2.59 bits per heavy atom. The van der Waals surface area contributed by atoms with Gasteiger partial charge in [0, 0.05) is 38.9 Å². The van der Waals surface area contributed by atoms with Crippen molar-refractivity contribution >= 4 is 17.6 Å². The summed E-state index contributed by atoms with van der Waals surface area (Å²) >= 11 is 5.78. The second-order valence-corrected chi connectivity index (χ2v) is 5.77. The molecule has 0 saturated heterocycles. The topological polar surface area (TPSA) is 52.5 Å². The van der Waals surface area contributed by atoms with Gasteiger partial charge in [0.15, 0.2) is 5.96 Å². The van der Waals surface area contributed by atoms with Gasteiger partial charge in [0.2, 0.25) is 0 Å². The first-order valence-electron chi connectivity index (χ1n) is 7.85. The van der Waals surface area contributed by atoms with Gasteiger partial charge in [0.25, 0.3) is 0 Å². The van der Waals surface area contributed by atoms with Crippen molar-refractivity contribution in [3.8, 4) is 0 Å². The summed E-state index contributed by atoms with van der Waals surface area (Å²) in [6.45, 7) is 10.4. The van der Waals surface area contributed by atoms with Crippen molar-refractivity contribution in [3.63, 3.8) is 0 Å². The molecule has 6 heteroatoms. The Bertz CT molecular complexity index is 444. The highest BCUT2D eigenvalue weighted by molar-refractivity contribution is 6.29. The zero-order valence-corrected chi connectivity index (χ0v) is 14.8. The fraction of sp³-hybridized carbons (Fsp3) is 0.625. The minimum atomic E-state index is 0.528. The second kappa shape index (κ2) is 10.4. The number of hydrogen-bond donors (Lipinski definition) is 2. The Kier molecular flexibility index (Phi) is 8.85. The molecule has 22 heavy (non-hydrogen) atoms. The van der Waals surface area contributed by atoms with E-state index >= 15 is 0 Å². The summed E-state index contributed by atoms with van der Waals surface area (Å²) in [7, 11) is 1.79. The molecule has 1 aromatic heterocycles. The van der Waals surface area contributed by atoms with Gasteiger partial charge in [-0.15, -0.1) is 0 Å². The Labute approximate surface area is 139 Å². The maximum atomic E-state index is 5.78. The van der Waals surface area contributed by atoms with E-state index in [9.17, 15) is 0 Å². The van der Waals surface area contributed by atoms with Crippen molar-refractivity contribution in [2.75, 3.05) is 33.2 Å². The minimum absolute atomic E-state index is 0.528. The van der Waals surface area contributed by atoms with E-state index in [4.69, 9.17) is 11.6 Å². The van der Waals surface area contributed by atoms with E-state index in [-0.39, 0.29) is 0 Å². The minimum Gasteiger partial charge on any atom is -0.356 e. The van der Waals surface area contributed by atoms with Crippen LogP contribution in [-0.2, 0) is 6.42 Å². The first-order valence-corrected chi connectivity index (χ1v) is 8.23. The Morgan fingerprint density at radius 2 is 2.05 bits per heavy atom. The average molecular weight is 326 g/mol. The first kappa shape index (κ1) is 18.7. The lowest BCUT2D eigenvalue weighted by Crippen LogP contribution is -2.43. The van der Waals surface area contributed by atoms with E-state index in [1.807, 2.05) is 18.3 Å². The Morgan fingerprint density at radius 1 is 1.32 bits per heavy atom. The summed E-state index contributed by atoms with van der Waals surface area (Å²) in [5.41, 5.74) is 1.16. The number of rotatable bonds is 8. The van der Waals surface area contributed by atoms with Gasteiger partial charge in [-0.1, -0.05) is 24.6 Å². The van der Waals surface area contributed by atoms with Gasteiger partial charge in [0.1, 0.15) is 5.15 Å². The number of hydrogen-bond acceptors (Lipinski definition) is 3. The number of likely N-dealkylation sites (N-methyl/N-ethyl adjacent to an activating group) is 1. The molecule has 5 nitrogen and oxygen atoms in total. The molecule has 0 bridgehead atoms. The number of aromatic nitrogens is 1. The highest BCUT2D eigenvalue weighted by Gasteiger charge is 2.06. The normalized spacial score (nSPS) is 12.0. The van der Waals surface area contributed by atoms with Crippen molar-refractivity contribution in [1.29, 1.82) is 0 Å². The van der Waals surface area contributed by atoms with Crippen molar-refractivity contribution in [3.05, 3.63) is 29.0 Å². The second-order valence-electron chi connectivity index (χ2n) is 5.39. The van der Waals surface area contributed by atoms with Gasteiger partial charge in [-0.3, -0.25) is 9.89 Å². The van der Waals surface area contributed by atoms with Gasteiger partial charge in [-0.05, 0) is 38.4 Å². The van der Waals surface area contributed by atoms with Gasteiger partial charge < -0.3 is 10.6 Å². The molecule has 0 radical (unpaired) electrons. The van der Waals surface area contributed by atoms with Crippen LogP contribution in [-0.4, -0.2) is 55.1 Å². The molecule has 0 atom stereocenters. The molecule has 2 N–H and O–H groups in total. The number of aliphatic imine (C=N–C) groups is 1. The maximum absolute atomic E-state index is 5.78. The number of pyridine rings is 1. The molecule has 0 spiro atoms. The standard InChI is InChI=1S/C16H28ClN5/c1-5-22(13(2)3)11-10-20-16(18-4)19-9-8-14-6-7-15(17)21-12-14/h6-7,12-13H,5,8-11H2,1-4H3,(H2,18,19,20). The number of halogens is 1. The highest BCUT2D eigenvalue weighted by atomic mass is 35.5. The highest BCUT2D eigenvalue weighted by Crippen LogP contribution is 2.05. The van der Waals surface area contributed by atoms with Crippen LogP contribution >= 0.6 is 11.6 Å². The van der Waals surface area contributed by atoms with E-state index in [0.717, 1.165) is 44.1 Å². The van der Waals surface area contributed by atoms with Crippen molar-refractivity contribution in [2.45, 2.75) is 33.2 Å². The van der Waals surface area contributed by atoms with E-state index in [1.54, 1.807) is 7.05 Å². The maximum Gasteiger partial charge on any atom is 0.191 e. The van der Waals surface area contributed by atoms with Crippen molar-refractivity contribution in [2.24, 2.45) is 4.99 Å². The Balaban J connectivity index is 2.26. The summed E-state index contributed by atoms with van der Waals surface area (Å²) in [5.74, 6) is 0.835. The zero-order chi connectivity index (χ0) is 16.4. The van der Waals surface area contributed by atoms with Crippen LogP contribution in [0.15, 0.2) is 23.3 Å². The van der Waals surface area contributed by atoms with Crippen LogP contribution in [0.2, 0.25) is 5.15 Å². The molecule has 1 rings (SSSR count). The summed E-state index contributed by atoms with van der Waals surface area (Å²) in [4.78, 5) is 10.7. The van der Waals surface area contributed by atoms with E-state index in [2.05, 4.69) is 46.3 Å². The average Bonchev–Trinajstić information content (AvgIpc) is 2.51. The van der Waals surface area contributed by atoms with Crippen LogP contribution in [0.3, 0.4) is 0 Å². The fourth-order valence-corrected chi connectivity index (χ4v) is 2.31. The van der Waals surface area contributed by atoms with Crippen molar-refractivity contribution < 1.29 is 0 Å². The zero-order valence-electron chi connectivity index (χ0n) is 14.1. The van der Waals surface area contributed by atoms with Crippen LogP contribution in [0, 0.1) is 0 Å². The molecule has 0 unspecified atom stereocenters. The van der Waals surface area contributed by atoms with Crippen LogP contribution < -0.4 is 10.6 Å². The largest absolute Gasteiger partial charge is 0.356 e. The predicted octanol–water partition coefficient (Wildman–Crippen LogP) is 2.17. The molecule has 1 aromatic rings. The molecule has 0 aliphatic heterocycles. The number of guanidine groups is 1. The summed E-state index contributed by atoms with van der Waals surface area (Å²) in [6.07, 6.45) is 2.69. The van der Waals surface area contributed by atoms with Crippen molar-refractivity contribution in [1.82, 2.24) is 20.5 Å². The first-order chi connectivity index (χ1) is 10.6. The molecule has 0 amide bonds. The lowest BCUT2D eigenvalue weighted by molar-refractivity contribution is 0.237. The van der Waals surface area contributed by atoms with E-state index < -0.39 is 0 Å². The molecular formula is C16H28ClN5. The Hall–Kier alpha value is -1.33. The van der Waals surface area contributed by atoms with E-state index in [0.29, 0.717) is 11.2 Å². The predicted molar refractivity (Wildman–Crippen MR) is 94.7 cm³/mol. The van der Waals surface area contributed by atoms with Gasteiger partial charge in [0.05, 0.1) is 0 Å². The molecule has 0 aliphatic carbocycles.